The van der Waals surface area contributed by atoms with E-state index in [9.17, 15) is 14.4 Å². The van der Waals surface area contributed by atoms with Crippen LogP contribution in [0.1, 0.15) is 24.5 Å². The summed E-state index contributed by atoms with van der Waals surface area (Å²) >= 11 is 0. The summed E-state index contributed by atoms with van der Waals surface area (Å²) < 4.78 is 0. The maximum atomic E-state index is 12.5. The minimum Gasteiger partial charge on any atom is -0.352 e. The van der Waals surface area contributed by atoms with Gasteiger partial charge in [-0.15, -0.1) is 0 Å². The third-order valence-electron chi connectivity index (χ3n) is 4.56. The van der Waals surface area contributed by atoms with Gasteiger partial charge in [0.1, 0.15) is 0 Å². The summed E-state index contributed by atoms with van der Waals surface area (Å²) in [5.41, 5.74) is 3.50. The Balaban J connectivity index is 1.62. The first-order chi connectivity index (χ1) is 12.9. The highest BCUT2D eigenvalue weighted by molar-refractivity contribution is 6.01. The largest absolute Gasteiger partial charge is 0.352 e. The zero-order valence-corrected chi connectivity index (χ0v) is 15.5. The summed E-state index contributed by atoms with van der Waals surface area (Å²) in [4.78, 5) is 37.7. The van der Waals surface area contributed by atoms with E-state index in [4.69, 9.17) is 0 Å². The van der Waals surface area contributed by atoms with Gasteiger partial charge < -0.3 is 15.5 Å². The Kier molecular flexibility index (Phi) is 5.54. The molecule has 0 aromatic heterocycles. The van der Waals surface area contributed by atoms with Crippen LogP contribution in [0.3, 0.4) is 0 Å². The molecule has 0 spiro atoms. The SMILES string of the molecule is CC(=O)Nc1cccc(N2CC(C(=O)NCc3ccc(C)cc3)CC2=O)c1. The summed E-state index contributed by atoms with van der Waals surface area (Å²) in [7, 11) is 0. The Bertz CT molecular complexity index is 861. The predicted molar refractivity (Wildman–Crippen MR) is 104 cm³/mol. The average molecular weight is 365 g/mol. The van der Waals surface area contributed by atoms with E-state index in [1.807, 2.05) is 31.2 Å². The molecule has 140 valence electrons. The number of hydrogen-bond acceptors (Lipinski definition) is 3. The Morgan fingerprint density at radius 3 is 2.59 bits per heavy atom. The molecule has 1 saturated heterocycles. The minimum absolute atomic E-state index is 0.0922. The molecule has 0 saturated carbocycles. The molecule has 3 rings (SSSR count). The average Bonchev–Trinajstić information content (AvgIpc) is 3.02. The van der Waals surface area contributed by atoms with Gasteiger partial charge in [0.2, 0.25) is 17.7 Å². The van der Waals surface area contributed by atoms with Crippen molar-refractivity contribution >= 4 is 29.1 Å². The first kappa shape index (κ1) is 18.6. The second kappa shape index (κ2) is 8.03. The smallest absolute Gasteiger partial charge is 0.227 e. The lowest BCUT2D eigenvalue weighted by Crippen LogP contribution is -2.32. The number of nitrogens with zero attached hydrogens (tertiary/aromatic N) is 1. The molecule has 1 aliphatic rings. The Morgan fingerprint density at radius 2 is 1.89 bits per heavy atom. The highest BCUT2D eigenvalue weighted by Crippen LogP contribution is 2.27. The van der Waals surface area contributed by atoms with E-state index in [1.165, 1.54) is 12.5 Å². The van der Waals surface area contributed by atoms with Crippen molar-refractivity contribution in [2.45, 2.75) is 26.8 Å². The molecular weight excluding hydrogens is 342 g/mol. The Morgan fingerprint density at radius 1 is 1.15 bits per heavy atom. The summed E-state index contributed by atoms with van der Waals surface area (Å²) in [6.45, 7) is 4.23. The van der Waals surface area contributed by atoms with Crippen LogP contribution in [0.25, 0.3) is 0 Å². The number of rotatable bonds is 5. The number of anilines is 2. The summed E-state index contributed by atoms with van der Waals surface area (Å²) in [5, 5.41) is 5.62. The van der Waals surface area contributed by atoms with Crippen LogP contribution in [-0.4, -0.2) is 24.3 Å². The van der Waals surface area contributed by atoms with Crippen LogP contribution in [0.15, 0.2) is 48.5 Å². The fraction of sp³-hybridized carbons (Fsp3) is 0.286. The summed E-state index contributed by atoms with van der Waals surface area (Å²) in [6, 6.07) is 15.1. The third-order valence-corrected chi connectivity index (χ3v) is 4.56. The molecular formula is C21H23N3O3. The van der Waals surface area contributed by atoms with Gasteiger partial charge in [-0.1, -0.05) is 35.9 Å². The van der Waals surface area contributed by atoms with Crippen molar-refractivity contribution in [1.29, 1.82) is 0 Å². The van der Waals surface area contributed by atoms with E-state index in [0.29, 0.717) is 24.5 Å². The first-order valence-corrected chi connectivity index (χ1v) is 8.93. The molecule has 1 fully saturated rings. The maximum Gasteiger partial charge on any atom is 0.227 e. The van der Waals surface area contributed by atoms with Crippen LogP contribution in [0.2, 0.25) is 0 Å². The minimum atomic E-state index is -0.382. The van der Waals surface area contributed by atoms with E-state index >= 15 is 0 Å². The van der Waals surface area contributed by atoms with Crippen LogP contribution >= 0.6 is 0 Å². The predicted octanol–water partition coefficient (Wildman–Crippen LogP) is 2.62. The molecule has 2 aromatic carbocycles. The van der Waals surface area contributed by atoms with E-state index < -0.39 is 0 Å². The van der Waals surface area contributed by atoms with Gasteiger partial charge in [0.25, 0.3) is 0 Å². The molecule has 1 atom stereocenters. The van der Waals surface area contributed by atoms with E-state index in [0.717, 1.165) is 5.56 Å². The molecule has 0 bridgehead atoms. The van der Waals surface area contributed by atoms with Crippen molar-refractivity contribution in [3.8, 4) is 0 Å². The van der Waals surface area contributed by atoms with E-state index in [-0.39, 0.29) is 30.1 Å². The highest BCUT2D eigenvalue weighted by atomic mass is 16.2. The molecule has 1 aliphatic heterocycles. The van der Waals surface area contributed by atoms with E-state index in [2.05, 4.69) is 10.6 Å². The van der Waals surface area contributed by atoms with Crippen molar-refractivity contribution in [1.82, 2.24) is 5.32 Å². The molecule has 6 heteroatoms. The maximum absolute atomic E-state index is 12.5. The van der Waals surface area contributed by atoms with Crippen molar-refractivity contribution < 1.29 is 14.4 Å². The van der Waals surface area contributed by atoms with Crippen molar-refractivity contribution in [3.63, 3.8) is 0 Å². The van der Waals surface area contributed by atoms with Crippen LogP contribution in [0, 0.1) is 12.8 Å². The lowest BCUT2D eigenvalue weighted by atomic mass is 10.1. The second-order valence-electron chi connectivity index (χ2n) is 6.84. The molecule has 0 aliphatic carbocycles. The number of carbonyl (C=O) groups is 3. The number of benzene rings is 2. The molecule has 2 aromatic rings. The molecule has 0 radical (unpaired) electrons. The molecule has 1 unspecified atom stereocenters. The van der Waals surface area contributed by atoms with Crippen molar-refractivity contribution in [3.05, 3.63) is 59.7 Å². The molecule has 2 N–H and O–H groups in total. The van der Waals surface area contributed by atoms with Gasteiger partial charge in [0.05, 0.1) is 5.92 Å². The Hall–Kier alpha value is -3.15. The van der Waals surface area contributed by atoms with E-state index in [1.54, 1.807) is 29.2 Å². The van der Waals surface area contributed by atoms with Gasteiger partial charge in [-0.2, -0.15) is 0 Å². The van der Waals surface area contributed by atoms with Gasteiger partial charge in [-0.05, 0) is 30.7 Å². The zero-order chi connectivity index (χ0) is 19.4. The van der Waals surface area contributed by atoms with Crippen LogP contribution in [0.5, 0.6) is 0 Å². The fourth-order valence-corrected chi connectivity index (χ4v) is 3.13. The van der Waals surface area contributed by atoms with Gasteiger partial charge in [0.15, 0.2) is 0 Å². The first-order valence-electron chi connectivity index (χ1n) is 8.93. The molecule has 6 nitrogen and oxygen atoms in total. The summed E-state index contributed by atoms with van der Waals surface area (Å²) in [5.74, 6) is -0.768. The summed E-state index contributed by atoms with van der Waals surface area (Å²) in [6.07, 6.45) is 0.185. The van der Waals surface area contributed by atoms with Crippen molar-refractivity contribution in [2.24, 2.45) is 5.92 Å². The molecule has 3 amide bonds. The van der Waals surface area contributed by atoms with Gasteiger partial charge >= 0.3 is 0 Å². The second-order valence-corrected chi connectivity index (χ2v) is 6.84. The monoisotopic (exact) mass is 365 g/mol. The lowest BCUT2D eigenvalue weighted by molar-refractivity contribution is -0.126. The number of nitrogens with one attached hydrogen (secondary N) is 2. The molecule has 1 heterocycles. The number of carbonyl (C=O) groups excluding carboxylic acids is 3. The number of hydrogen-bond donors (Lipinski definition) is 2. The third kappa shape index (κ3) is 4.73. The lowest BCUT2D eigenvalue weighted by Gasteiger charge is -2.18. The van der Waals surface area contributed by atoms with Gasteiger partial charge in [-0.25, -0.2) is 0 Å². The normalized spacial score (nSPS) is 16.3. The fourth-order valence-electron chi connectivity index (χ4n) is 3.13. The van der Waals surface area contributed by atoms with Crippen LogP contribution in [-0.2, 0) is 20.9 Å². The van der Waals surface area contributed by atoms with Crippen LogP contribution in [0.4, 0.5) is 11.4 Å². The van der Waals surface area contributed by atoms with Crippen LogP contribution < -0.4 is 15.5 Å². The Labute approximate surface area is 158 Å². The topological polar surface area (TPSA) is 78.5 Å². The molecule has 27 heavy (non-hydrogen) atoms. The zero-order valence-electron chi connectivity index (χ0n) is 15.5. The number of aryl methyl sites for hydroxylation is 1. The van der Waals surface area contributed by atoms with Gasteiger partial charge in [-0.3, -0.25) is 14.4 Å². The number of amides is 3. The standard InChI is InChI=1S/C21H23N3O3/c1-14-6-8-16(9-7-14)12-22-21(27)17-10-20(26)24(13-17)19-5-3-4-18(11-19)23-15(2)25/h3-9,11,17H,10,12-13H2,1-2H3,(H,22,27)(H,23,25). The quantitative estimate of drug-likeness (QED) is 0.855. The van der Waals surface area contributed by atoms with Crippen molar-refractivity contribution in [2.75, 3.05) is 16.8 Å². The highest BCUT2D eigenvalue weighted by Gasteiger charge is 2.35. The van der Waals surface area contributed by atoms with Gasteiger partial charge in [0, 0.05) is 37.8 Å².